The van der Waals surface area contributed by atoms with E-state index in [2.05, 4.69) is 0 Å². The van der Waals surface area contributed by atoms with E-state index in [9.17, 15) is 4.79 Å². The molecule has 5 heteroatoms. The first-order valence-corrected chi connectivity index (χ1v) is 7.16. The smallest absolute Gasteiger partial charge is 0.289 e. The van der Waals surface area contributed by atoms with Crippen molar-refractivity contribution < 1.29 is 9.21 Å². The normalized spacial score (nSPS) is 18.9. The van der Waals surface area contributed by atoms with E-state index in [0.717, 1.165) is 23.9 Å². The Hall–Kier alpha value is -1.52. The van der Waals surface area contributed by atoms with Gasteiger partial charge in [0.15, 0.2) is 11.3 Å². The molecule has 106 valence electrons. The minimum Gasteiger partial charge on any atom is -0.449 e. The van der Waals surface area contributed by atoms with Gasteiger partial charge in [-0.15, -0.1) is 0 Å². The molecule has 1 aromatic heterocycles. The summed E-state index contributed by atoms with van der Waals surface area (Å²) in [6, 6.07) is 5.55. The lowest BCUT2D eigenvalue weighted by Crippen LogP contribution is -2.30. The molecule has 1 amide bonds. The lowest BCUT2D eigenvalue weighted by molar-refractivity contribution is 0.0757. The van der Waals surface area contributed by atoms with Gasteiger partial charge in [-0.25, -0.2) is 0 Å². The highest BCUT2D eigenvalue weighted by molar-refractivity contribution is 6.35. The van der Waals surface area contributed by atoms with E-state index < -0.39 is 0 Å². The summed E-state index contributed by atoms with van der Waals surface area (Å²) in [6.07, 6.45) is 0.961. The molecule has 1 aromatic carbocycles. The van der Waals surface area contributed by atoms with Crippen LogP contribution in [0, 0.1) is 12.8 Å². The minimum atomic E-state index is -0.0642. The van der Waals surface area contributed by atoms with Crippen LogP contribution in [0.15, 0.2) is 22.6 Å². The van der Waals surface area contributed by atoms with Gasteiger partial charge in [-0.1, -0.05) is 23.7 Å². The molecule has 2 aromatic rings. The number of carbonyl (C=O) groups is 1. The van der Waals surface area contributed by atoms with Crippen molar-refractivity contribution >= 4 is 28.5 Å². The fourth-order valence-corrected chi connectivity index (χ4v) is 2.98. The Balaban J connectivity index is 1.96. The standard InChI is InChI=1S/C15H17ClN2O2/c1-9-11-3-2-4-12(16)14(11)20-13(9)15(19)18-6-5-10(7-17)8-18/h2-4,10H,5-8,17H2,1H3. The van der Waals surface area contributed by atoms with E-state index in [1.807, 2.05) is 24.0 Å². The fraction of sp³-hybridized carbons (Fsp3) is 0.400. The summed E-state index contributed by atoms with van der Waals surface area (Å²) in [5, 5.41) is 1.43. The molecule has 1 fully saturated rings. The van der Waals surface area contributed by atoms with Crippen LogP contribution in [0.5, 0.6) is 0 Å². The van der Waals surface area contributed by atoms with Crippen LogP contribution in [-0.4, -0.2) is 30.4 Å². The zero-order chi connectivity index (χ0) is 14.3. The third-order valence-electron chi connectivity index (χ3n) is 4.02. The number of likely N-dealkylation sites (tertiary alicyclic amines) is 1. The Labute approximate surface area is 122 Å². The molecular weight excluding hydrogens is 276 g/mol. The molecule has 20 heavy (non-hydrogen) atoms. The van der Waals surface area contributed by atoms with E-state index in [4.69, 9.17) is 21.8 Å². The van der Waals surface area contributed by atoms with E-state index >= 15 is 0 Å². The molecule has 1 aliphatic rings. The van der Waals surface area contributed by atoms with Crippen molar-refractivity contribution in [2.24, 2.45) is 11.7 Å². The second-order valence-electron chi connectivity index (χ2n) is 5.31. The lowest BCUT2D eigenvalue weighted by Gasteiger charge is -2.14. The maximum Gasteiger partial charge on any atom is 0.289 e. The van der Waals surface area contributed by atoms with E-state index in [1.165, 1.54) is 0 Å². The van der Waals surface area contributed by atoms with Crippen LogP contribution in [0.3, 0.4) is 0 Å². The highest BCUT2D eigenvalue weighted by Gasteiger charge is 2.29. The number of carbonyl (C=O) groups excluding carboxylic acids is 1. The average molecular weight is 293 g/mol. The number of para-hydroxylation sites is 1. The molecule has 1 atom stereocenters. The molecule has 1 unspecified atom stereocenters. The van der Waals surface area contributed by atoms with Crippen molar-refractivity contribution in [2.75, 3.05) is 19.6 Å². The summed E-state index contributed by atoms with van der Waals surface area (Å²) in [6.45, 7) is 3.96. The number of amides is 1. The fourth-order valence-electron chi connectivity index (χ4n) is 2.77. The molecule has 2 N–H and O–H groups in total. The van der Waals surface area contributed by atoms with Crippen molar-refractivity contribution in [3.05, 3.63) is 34.5 Å². The summed E-state index contributed by atoms with van der Waals surface area (Å²) in [7, 11) is 0. The number of fused-ring (bicyclic) bond motifs is 1. The first-order chi connectivity index (χ1) is 9.61. The molecule has 3 rings (SSSR count). The SMILES string of the molecule is Cc1c(C(=O)N2CCC(CN)C2)oc2c(Cl)cccc12. The summed E-state index contributed by atoms with van der Waals surface area (Å²) in [5.74, 6) is 0.726. The van der Waals surface area contributed by atoms with Crippen LogP contribution in [0.2, 0.25) is 5.02 Å². The molecule has 0 spiro atoms. The number of hydrogen-bond donors (Lipinski definition) is 1. The minimum absolute atomic E-state index is 0.0642. The Morgan fingerprint density at radius 2 is 2.35 bits per heavy atom. The van der Waals surface area contributed by atoms with Gasteiger partial charge in [-0.2, -0.15) is 0 Å². The second kappa shape index (κ2) is 5.11. The number of nitrogens with zero attached hydrogens (tertiary/aromatic N) is 1. The maximum atomic E-state index is 12.6. The first-order valence-electron chi connectivity index (χ1n) is 6.78. The molecular formula is C15H17ClN2O2. The molecule has 0 radical (unpaired) electrons. The summed E-state index contributed by atoms with van der Waals surface area (Å²) in [4.78, 5) is 14.4. The second-order valence-corrected chi connectivity index (χ2v) is 5.72. The predicted molar refractivity (Wildman–Crippen MR) is 79.0 cm³/mol. The predicted octanol–water partition coefficient (Wildman–Crippen LogP) is 2.82. The maximum absolute atomic E-state index is 12.6. The molecule has 0 bridgehead atoms. The molecule has 4 nitrogen and oxygen atoms in total. The van der Waals surface area contributed by atoms with Gasteiger partial charge in [0.1, 0.15) is 0 Å². The molecule has 2 heterocycles. The van der Waals surface area contributed by atoms with Gasteiger partial charge in [0.25, 0.3) is 5.91 Å². The molecule has 0 saturated carbocycles. The van der Waals surface area contributed by atoms with Gasteiger partial charge >= 0.3 is 0 Å². The number of hydrogen-bond acceptors (Lipinski definition) is 3. The van der Waals surface area contributed by atoms with Crippen molar-refractivity contribution in [1.82, 2.24) is 4.90 Å². The van der Waals surface area contributed by atoms with Crippen molar-refractivity contribution in [1.29, 1.82) is 0 Å². The van der Waals surface area contributed by atoms with Crippen LogP contribution in [0.4, 0.5) is 0 Å². The topological polar surface area (TPSA) is 59.5 Å². The third-order valence-corrected chi connectivity index (χ3v) is 4.31. The van der Waals surface area contributed by atoms with E-state index in [-0.39, 0.29) is 5.91 Å². The number of halogens is 1. The van der Waals surface area contributed by atoms with Crippen LogP contribution in [-0.2, 0) is 0 Å². The number of nitrogens with two attached hydrogens (primary N) is 1. The zero-order valence-electron chi connectivity index (χ0n) is 11.4. The van der Waals surface area contributed by atoms with Gasteiger partial charge in [-0.05, 0) is 31.9 Å². The summed E-state index contributed by atoms with van der Waals surface area (Å²) in [5.41, 5.74) is 7.11. The van der Waals surface area contributed by atoms with Crippen molar-refractivity contribution in [2.45, 2.75) is 13.3 Å². The lowest BCUT2D eigenvalue weighted by atomic mass is 10.1. The number of benzene rings is 1. The third kappa shape index (κ3) is 2.09. The van der Waals surface area contributed by atoms with E-state index in [1.54, 1.807) is 6.07 Å². The summed E-state index contributed by atoms with van der Waals surface area (Å²) >= 11 is 6.12. The number of aryl methyl sites for hydroxylation is 1. The highest BCUT2D eigenvalue weighted by Crippen LogP contribution is 2.32. The molecule has 0 aliphatic carbocycles. The van der Waals surface area contributed by atoms with E-state index in [0.29, 0.717) is 35.4 Å². The monoisotopic (exact) mass is 292 g/mol. The highest BCUT2D eigenvalue weighted by atomic mass is 35.5. The molecule has 1 saturated heterocycles. The molecule has 1 aliphatic heterocycles. The first kappa shape index (κ1) is 13.5. The Morgan fingerprint density at radius 1 is 1.55 bits per heavy atom. The van der Waals surface area contributed by atoms with Gasteiger partial charge < -0.3 is 15.1 Å². The largest absolute Gasteiger partial charge is 0.449 e. The summed E-state index contributed by atoms with van der Waals surface area (Å²) < 4.78 is 5.72. The van der Waals surface area contributed by atoms with Crippen molar-refractivity contribution in [3.63, 3.8) is 0 Å². The Bertz CT molecular complexity index is 665. The van der Waals surface area contributed by atoms with Gasteiger partial charge in [-0.3, -0.25) is 4.79 Å². The number of rotatable bonds is 2. The van der Waals surface area contributed by atoms with Gasteiger partial charge in [0.2, 0.25) is 0 Å². The van der Waals surface area contributed by atoms with Crippen molar-refractivity contribution in [3.8, 4) is 0 Å². The zero-order valence-corrected chi connectivity index (χ0v) is 12.1. The quantitative estimate of drug-likeness (QED) is 0.926. The average Bonchev–Trinajstić information content (AvgIpc) is 3.05. The Kier molecular flexibility index (Phi) is 3.44. The van der Waals surface area contributed by atoms with Gasteiger partial charge in [0, 0.05) is 24.0 Å². The van der Waals surface area contributed by atoms with Crippen LogP contribution in [0.1, 0.15) is 22.5 Å². The Morgan fingerprint density at radius 3 is 3.00 bits per heavy atom. The van der Waals surface area contributed by atoms with Crippen LogP contribution < -0.4 is 5.73 Å². The number of furan rings is 1. The van der Waals surface area contributed by atoms with Gasteiger partial charge in [0.05, 0.1) is 5.02 Å². The van der Waals surface area contributed by atoms with Crippen LogP contribution >= 0.6 is 11.6 Å². The van der Waals surface area contributed by atoms with Crippen LogP contribution in [0.25, 0.3) is 11.0 Å².